The molecule has 0 aliphatic carbocycles. The quantitative estimate of drug-likeness (QED) is 0.795. The van der Waals surface area contributed by atoms with Gasteiger partial charge >= 0.3 is 0 Å². The Morgan fingerprint density at radius 3 is 2.82 bits per heavy atom. The summed E-state index contributed by atoms with van der Waals surface area (Å²) in [4.78, 5) is 15.5. The Kier molecular flexibility index (Phi) is 7.58. The summed E-state index contributed by atoms with van der Waals surface area (Å²) < 4.78 is 2.07. The molecular weight excluding hydrogens is 240 g/mol. The number of nitrogens with one attached hydrogen (secondary N) is 2. The van der Waals surface area contributed by atoms with Gasteiger partial charge < -0.3 is 15.2 Å². The average molecular weight is 261 g/mol. The Morgan fingerprint density at radius 2 is 2.24 bits per heavy atom. The largest absolute Gasteiger partial charge is 0.348 e. The minimum atomic E-state index is -0.0124. The Labute approximate surface area is 108 Å². The van der Waals surface area contributed by atoms with E-state index in [2.05, 4.69) is 34.0 Å². The second kappa shape index (κ2) is 8.08. The standard InChI is InChI=1S/C11H20N4O.ClH/c1-9(2)8-15-5-4-13-10(15)6-14-11(16)7-12-3;/h4-5,9,12H,6-8H2,1-3H3,(H,14,16);1H. The van der Waals surface area contributed by atoms with E-state index in [-0.39, 0.29) is 18.3 Å². The van der Waals surface area contributed by atoms with Crippen molar-refractivity contribution in [2.45, 2.75) is 26.9 Å². The molecule has 0 saturated carbocycles. The summed E-state index contributed by atoms with van der Waals surface area (Å²) in [5.74, 6) is 1.46. The first kappa shape index (κ1) is 15.9. The van der Waals surface area contributed by atoms with Crippen LogP contribution in [0.15, 0.2) is 12.4 Å². The average Bonchev–Trinajstić information content (AvgIpc) is 2.62. The third-order valence-corrected chi connectivity index (χ3v) is 2.14. The highest BCUT2D eigenvalue weighted by Crippen LogP contribution is 2.03. The Hall–Kier alpha value is -1.07. The highest BCUT2D eigenvalue weighted by Gasteiger charge is 2.06. The summed E-state index contributed by atoms with van der Waals surface area (Å²) in [5, 5.41) is 5.62. The molecule has 98 valence electrons. The van der Waals surface area contributed by atoms with E-state index in [1.165, 1.54) is 0 Å². The SMILES string of the molecule is CNCC(=O)NCc1nccn1CC(C)C.Cl. The number of nitrogens with zero attached hydrogens (tertiary/aromatic N) is 2. The molecule has 0 aliphatic heterocycles. The summed E-state index contributed by atoms with van der Waals surface area (Å²) in [7, 11) is 1.75. The summed E-state index contributed by atoms with van der Waals surface area (Å²) in [6.45, 7) is 6.06. The predicted octanol–water partition coefficient (Wildman–Crippen LogP) is 0.796. The molecule has 0 aromatic carbocycles. The molecule has 5 nitrogen and oxygen atoms in total. The molecule has 0 bridgehead atoms. The lowest BCUT2D eigenvalue weighted by molar-refractivity contribution is -0.120. The lowest BCUT2D eigenvalue weighted by Crippen LogP contribution is -2.32. The molecule has 0 fully saturated rings. The van der Waals surface area contributed by atoms with Gasteiger partial charge in [-0.15, -0.1) is 12.4 Å². The van der Waals surface area contributed by atoms with E-state index in [0.29, 0.717) is 19.0 Å². The monoisotopic (exact) mass is 260 g/mol. The maximum Gasteiger partial charge on any atom is 0.234 e. The van der Waals surface area contributed by atoms with Crippen LogP contribution < -0.4 is 10.6 Å². The second-order valence-electron chi connectivity index (χ2n) is 4.20. The fourth-order valence-corrected chi connectivity index (χ4v) is 1.47. The molecule has 1 rings (SSSR count). The van der Waals surface area contributed by atoms with Crippen molar-refractivity contribution in [1.82, 2.24) is 20.2 Å². The van der Waals surface area contributed by atoms with E-state index in [0.717, 1.165) is 12.4 Å². The van der Waals surface area contributed by atoms with Crippen LogP contribution in [0.25, 0.3) is 0 Å². The van der Waals surface area contributed by atoms with Gasteiger partial charge in [0, 0.05) is 18.9 Å². The van der Waals surface area contributed by atoms with Gasteiger partial charge in [-0.25, -0.2) is 4.98 Å². The van der Waals surface area contributed by atoms with Crippen LogP contribution in [0.4, 0.5) is 0 Å². The fourth-order valence-electron chi connectivity index (χ4n) is 1.47. The Balaban J connectivity index is 0.00000256. The lowest BCUT2D eigenvalue weighted by Gasteiger charge is -2.10. The minimum Gasteiger partial charge on any atom is -0.348 e. The number of imidazole rings is 1. The number of rotatable bonds is 6. The first-order chi connectivity index (χ1) is 7.63. The number of aromatic nitrogens is 2. The van der Waals surface area contributed by atoms with Gasteiger partial charge in [0.15, 0.2) is 0 Å². The Bertz CT molecular complexity index is 338. The van der Waals surface area contributed by atoms with E-state index in [1.54, 1.807) is 13.2 Å². The zero-order valence-corrected chi connectivity index (χ0v) is 11.4. The molecule has 1 aromatic heterocycles. The van der Waals surface area contributed by atoms with E-state index < -0.39 is 0 Å². The maximum absolute atomic E-state index is 11.3. The molecule has 1 heterocycles. The highest BCUT2D eigenvalue weighted by atomic mass is 35.5. The van der Waals surface area contributed by atoms with Crippen LogP contribution in [0.3, 0.4) is 0 Å². The van der Waals surface area contributed by atoms with Crippen LogP contribution in [-0.2, 0) is 17.9 Å². The Morgan fingerprint density at radius 1 is 1.53 bits per heavy atom. The molecule has 0 spiro atoms. The molecule has 2 N–H and O–H groups in total. The third-order valence-electron chi connectivity index (χ3n) is 2.14. The molecule has 0 radical (unpaired) electrons. The van der Waals surface area contributed by atoms with Gasteiger partial charge in [-0.2, -0.15) is 0 Å². The molecule has 0 atom stereocenters. The molecule has 17 heavy (non-hydrogen) atoms. The van der Waals surface area contributed by atoms with Crippen molar-refractivity contribution >= 4 is 18.3 Å². The van der Waals surface area contributed by atoms with Gasteiger partial charge in [0.1, 0.15) is 5.82 Å². The van der Waals surface area contributed by atoms with Crippen molar-refractivity contribution in [2.75, 3.05) is 13.6 Å². The lowest BCUT2D eigenvalue weighted by atomic mass is 10.2. The molecule has 1 aromatic rings. The van der Waals surface area contributed by atoms with Crippen LogP contribution in [0.2, 0.25) is 0 Å². The number of carbonyl (C=O) groups is 1. The molecule has 0 aliphatic rings. The van der Waals surface area contributed by atoms with Crippen LogP contribution >= 0.6 is 12.4 Å². The molecule has 0 saturated heterocycles. The van der Waals surface area contributed by atoms with Gasteiger partial charge in [-0.3, -0.25) is 4.79 Å². The van der Waals surface area contributed by atoms with Gasteiger partial charge in [0.25, 0.3) is 0 Å². The van der Waals surface area contributed by atoms with Crippen molar-refractivity contribution in [3.8, 4) is 0 Å². The molecule has 6 heteroatoms. The van der Waals surface area contributed by atoms with E-state index in [4.69, 9.17) is 0 Å². The number of hydrogen-bond donors (Lipinski definition) is 2. The fraction of sp³-hybridized carbons (Fsp3) is 0.636. The minimum absolute atomic E-state index is 0. The topological polar surface area (TPSA) is 59.0 Å². The van der Waals surface area contributed by atoms with Crippen molar-refractivity contribution in [3.05, 3.63) is 18.2 Å². The molecule has 0 unspecified atom stereocenters. The normalized spacial score (nSPS) is 10.1. The molecule has 1 amide bonds. The third kappa shape index (κ3) is 5.70. The zero-order valence-electron chi connectivity index (χ0n) is 10.6. The summed E-state index contributed by atoms with van der Waals surface area (Å²) in [6, 6.07) is 0. The highest BCUT2D eigenvalue weighted by molar-refractivity contribution is 5.85. The van der Waals surface area contributed by atoms with Crippen LogP contribution in [0.5, 0.6) is 0 Å². The smallest absolute Gasteiger partial charge is 0.234 e. The van der Waals surface area contributed by atoms with Crippen LogP contribution in [0.1, 0.15) is 19.7 Å². The van der Waals surface area contributed by atoms with Crippen molar-refractivity contribution in [1.29, 1.82) is 0 Å². The van der Waals surface area contributed by atoms with E-state index >= 15 is 0 Å². The number of amides is 1. The van der Waals surface area contributed by atoms with E-state index in [1.807, 2.05) is 6.20 Å². The first-order valence-corrected chi connectivity index (χ1v) is 5.54. The number of hydrogen-bond acceptors (Lipinski definition) is 3. The summed E-state index contributed by atoms with van der Waals surface area (Å²) in [6.07, 6.45) is 3.71. The van der Waals surface area contributed by atoms with Crippen molar-refractivity contribution in [2.24, 2.45) is 5.92 Å². The van der Waals surface area contributed by atoms with Gasteiger partial charge in [0.2, 0.25) is 5.91 Å². The van der Waals surface area contributed by atoms with Crippen molar-refractivity contribution < 1.29 is 4.79 Å². The molecular formula is C11H21ClN4O. The van der Waals surface area contributed by atoms with Gasteiger partial charge in [-0.1, -0.05) is 13.8 Å². The van der Waals surface area contributed by atoms with Crippen LogP contribution in [-0.4, -0.2) is 29.1 Å². The predicted molar refractivity (Wildman–Crippen MR) is 70.1 cm³/mol. The van der Waals surface area contributed by atoms with Crippen LogP contribution in [0, 0.1) is 5.92 Å². The summed E-state index contributed by atoms with van der Waals surface area (Å²) in [5.41, 5.74) is 0. The van der Waals surface area contributed by atoms with Gasteiger partial charge in [0.05, 0.1) is 13.1 Å². The van der Waals surface area contributed by atoms with Crippen molar-refractivity contribution in [3.63, 3.8) is 0 Å². The van der Waals surface area contributed by atoms with E-state index in [9.17, 15) is 4.79 Å². The number of likely N-dealkylation sites (N-methyl/N-ethyl adjacent to an activating group) is 1. The number of halogens is 1. The zero-order chi connectivity index (χ0) is 12.0. The maximum atomic E-state index is 11.3. The second-order valence-corrected chi connectivity index (χ2v) is 4.20. The number of carbonyl (C=O) groups excluding carboxylic acids is 1. The van der Waals surface area contributed by atoms with Gasteiger partial charge in [-0.05, 0) is 13.0 Å². The summed E-state index contributed by atoms with van der Waals surface area (Å²) >= 11 is 0. The first-order valence-electron chi connectivity index (χ1n) is 5.54.